The summed E-state index contributed by atoms with van der Waals surface area (Å²) in [5.41, 5.74) is 0. The van der Waals surface area contributed by atoms with Crippen molar-refractivity contribution in [1.29, 1.82) is 0 Å². The van der Waals surface area contributed by atoms with Crippen molar-refractivity contribution in [3.8, 4) is 0 Å². The summed E-state index contributed by atoms with van der Waals surface area (Å²) in [6.45, 7) is 6.59. The highest BCUT2D eigenvalue weighted by atomic mass is 29.2. The van der Waals surface area contributed by atoms with E-state index >= 15 is 0 Å². The Morgan fingerprint density at radius 1 is 1.25 bits per heavy atom. The molecule has 2 nitrogen and oxygen atoms in total. The largest absolute Gasteiger partial charge is 0.331 e. The van der Waals surface area contributed by atoms with Crippen LogP contribution in [0.5, 0.6) is 0 Å². The van der Waals surface area contributed by atoms with Gasteiger partial charge in [-0.2, -0.15) is 0 Å². The Balaban J connectivity index is 2.92. The molecule has 0 aliphatic heterocycles. The van der Waals surface area contributed by atoms with Crippen LogP contribution in [0.2, 0.25) is 0 Å². The molecule has 0 radical (unpaired) electrons. The number of hydrogen-bond donors (Lipinski definition) is 2. The van der Waals surface area contributed by atoms with Gasteiger partial charge in [-0.05, 0) is 13.1 Å². The average molecular weight is 148 g/mol. The lowest BCUT2D eigenvalue weighted by atomic mass is 10.8. The van der Waals surface area contributed by atoms with Gasteiger partial charge in [0.05, 0.1) is 0 Å². The molecule has 2 N–H and O–H groups in total. The first kappa shape index (κ1) is 8.35. The summed E-state index contributed by atoms with van der Waals surface area (Å²) in [4.78, 5) is 6.87. The summed E-state index contributed by atoms with van der Waals surface area (Å²) < 4.78 is 0. The van der Waals surface area contributed by atoms with Crippen molar-refractivity contribution in [2.24, 2.45) is 0 Å². The smallest absolute Gasteiger partial charge is 0.159 e. The predicted molar refractivity (Wildman–Crippen MR) is 44.4 cm³/mol. The van der Waals surface area contributed by atoms with Crippen molar-refractivity contribution in [3.63, 3.8) is 0 Å². The highest BCUT2D eigenvalue weighted by Gasteiger charge is 1.95. The van der Waals surface area contributed by atoms with Gasteiger partial charge in [0.25, 0.3) is 0 Å². The van der Waals surface area contributed by atoms with Crippen LogP contribution in [0.3, 0.4) is 0 Å². The quantitative estimate of drug-likeness (QED) is 0.464. The van der Waals surface area contributed by atoms with Crippen LogP contribution < -0.4 is 9.96 Å². The third-order valence-corrected chi connectivity index (χ3v) is 5.51. The molecule has 0 heterocycles. The molecular formula is C4H16N2Si2. The maximum Gasteiger partial charge on any atom is 0.159 e. The second-order valence-electron chi connectivity index (χ2n) is 1.84. The van der Waals surface area contributed by atoms with E-state index in [1.54, 1.807) is 0 Å². The van der Waals surface area contributed by atoms with Crippen molar-refractivity contribution in [2.45, 2.75) is 13.8 Å². The highest BCUT2D eigenvalue weighted by molar-refractivity contribution is 7.00. The van der Waals surface area contributed by atoms with E-state index in [0.717, 1.165) is 13.1 Å². The molecule has 0 bridgehead atoms. The van der Waals surface area contributed by atoms with E-state index in [2.05, 4.69) is 23.8 Å². The van der Waals surface area contributed by atoms with E-state index in [0.29, 0.717) is 0 Å². The summed E-state index contributed by atoms with van der Waals surface area (Å²) in [5, 5.41) is 0. The van der Waals surface area contributed by atoms with E-state index in [1.807, 2.05) is 0 Å². The Kier molecular flexibility index (Phi) is 5.73. The fourth-order valence-electron chi connectivity index (χ4n) is 0.685. The Bertz CT molecular complexity index is 45.3. The van der Waals surface area contributed by atoms with Gasteiger partial charge >= 0.3 is 0 Å². The van der Waals surface area contributed by atoms with E-state index < -0.39 is 8.64 Å². The Morgan fingerprint density at radius 3 is 1.88 bits per heavy atom. The van der Waals surface area contributed by atoms with Crippen LogP contribution in [0.15, 0.2) is 0 Å². The number of rotatable bonds is 4. The van der Waals surface area contributed by atoms with Crippen LogP contribution in [0.4, 0.5) is 0 Å². The molecule has 0 spiro atoms. The molecule has 4 heteroatoms. The maximum absolute atomic E-state index is 3.44. The third kappa shape index (κ3) is 4.51. The van der Waals surface area contributed by atoms with E-state index in [1.165, 1.54) is 9.76 Å². The Hall–Kier alpha value is 0.354. The summed E-state index contributed by atoms with van der Waals surface area (Å²) in [6, 6.07) is 0. The molecule has 0 amide bonds. The number of hydrogen-bond acceptors (Lipinski definition) is 2. The van der Waals surface area contributed by atoms with Gasteiger partial charge in [0.1, 0.15) is 0 Å². The van der Waals surface area contributed by atoms with Crippen molar-refractivity contribution >= 4 is 18.4 Å². The zero-order valence-electron chi connectivity index (χ0n) is 5.99. The predicted octanol–water partition coefficient (Wildman–Crippen LogP) is -1.71. The molecule has 0 aliphatic carbocycles. The average Bonchev–Trinajstić information content (AvgIpc) is 1.68. The van der Waals surface area contributed by atoms with Crippen LogP contribution in [-0.2, 0) is 0 Å². The molecule has 0 aromatic heterocycles. The van der Waals surface area contributed by atoms with Gasteiger partial charge in [0.2, 0.25) is 0 Å². The minimum Gasteiger partial charge on any atom is -0.331 e. The molecule has 0 aromatic rings. The van der Waals surface area contributed by atoms with Gasteiger partial charge < -0.3 is 9.96 Å². The maximum atomic E-state index is 3.44. The molecular weight excluding hydrogens is 132 g/mol. The molecule has 0 aromatic carbocycles. The van der Waals surface area contributed by atoms with Crippen LogP contribution in [0.1, 0.15) is 13.8 Å². The normalized spacial score (nSPS) is 10.9. The molecule has 0 unspecified atom stereocenters. The molecule has 0 atom stereocenters. The minimum atomic E-state index is -0.563. The first-order valence-electron chi connectivity index (χ1n) is 3.28. The van der Waals surface area contributed by atoms with Gasteiger partial charge in [0, 0.05) is 9.76 Å². The molecule has 8 heavy (non-hydrogen) atoms. The fourth-order valence-corrected chi connectivity index (χ4v) is 4.50. The molecule has 0 aliphatic rings. The van der Waals surface area contributed by atoms with Crippen molar-refractivity contribution in [2.75, 3.05) is 13.1 Å². The third-order valence-electron chi connectivity index (χ3n) is 1.02. The van der Waals surface area contributed by atoms with Crippen LogP contribution in [0, 0.1) is 0 Å². The van der Waals surface area contributed by atoms with Crippen molar-refractivity contribution < 1.29 is 0 Å². The van der Waals surface area contributed by atoms with Gasteiger partial charge in [-0.3, -0.25) is 0 Å². The molecule has 50 valence electrons. The van der Waals surface area contributed by atoms with Crippen molar-refractivity contribution in [3.05, 3.63) is 0 Å². The standard InChI is InChI=1S/C4H16N2Si2/c1-3-5-8(7)6-4-2/h5-6,8H,3-4H2,1-2,7H3. The topological polar surface area (TPSA) is 24.1 Å². The second kappa shape index (κ2) is 5.49. The lowest BCUT2D eigenvalue weighted by Crippen LogP contribution is -2.47. The summed E-state index contributed by atoms with van der Waals surface area (Å²) >= 11 is 0. The van der Waals surface area contributed by atoms with Gasteiger partial charge in [-0.1, -0.05) is 13.8 Å². The lowest BCUT2D eigenvalue weighted by Gasteiger charge is -2.09. The van der Waals surface area contributed by atoms with Gasteiger partial charge in [-0.25, -0.2) is 0 Å². The zero-order chi connectivity index (χ0) is 6.41. The lowest BCUT2D eigenvalue weighted by molar-refractivity contribution is 0.915. The summed E-state index contributed by atoms with van der Waals surface area (Å²) in [5.74, 6) is 0. The summed E-state index contributed by atoms with van der Waals surface area (Å²) in [6.07, 6.45) is 0. The Morgan fingerprint density at radius 2 is 1.62 bits per heavy atom. The monoisotopic (exact) mass is 148 g/mol. The van der Waals surface area contributed by atoms with E-state index in [-0.39, 0.29) is 0 Å². The van der Waals surface area contributed by atoms with Gasteiger partial charge in [-0.15, -0.1) is 0 Å². The van der Waals surface area contributed by atoms with Crippen molar-refractivity contribution in [1.82, 2.24) is 9.96 Å². The second-order valence-corrected chi connectivity index (χ2v) is 7.56. The number of nitrogens with one attached hydrogen (secondary N) is 2. The fraction of sp³-hybridized carbons (Fsp3) is 1.00. The van der Waals surface area contributed by atoms with Gasteiger partial charge in [0.15, 0.2) is 8.64 Å². The SMILES string of the molecule is CCN[SiH]([SiH3])NCC. The zero-order valence-corrected chi connectivity index (χ0v) is 9.15. The molecule has 0 saturated heterocycles. The minimum absolute atomic E-state index is 0.563. The first-order chi connectivity index (χ1) is 3.81. The highest BCUT2D eigenvalue weighted by Crippen LogP contribution is 1.59. The Labute approximate surface area is 56.0 Å². The van der Waals surface area contributed by atoms with Crippen LogP contribution in [-0.4, -0.2) is 31.5 Å². The van der Waals surface area contributed by atoms with E-state index in [9.17, 15) is 0 Å². The van der Waals surface area contributed by atoms with E-state index in [4.69, 9.17) is 0 Å². The molecule has 0 saturated carbocycles. The van der Waals surface area contributed by atoms with Crippen LogP contribution in [0.25, 0.3) is 0 Å². The summed E-state index contributed by atoms with van der Waals surface area (Å²) in [7, 11) is 0.762. The van der Waals surface area contributed by atoms with Crippen LogP contribution >= 0.6 is 0 Å². The first-order valence-corrected chi connectivity index (χ1v) is 9.05. The molecule has 0 fully saturated rings. The molecule has 0 rings (SSSR count).